The molecule has 3 rings (SSSR count). The van der Waals surface area contributed by atoms with Crippen molar-refractivity contribution in [2.24, 2.45) is 0 Å². The molecule has 0 radical (unpaired) electrons. The van der Waals surface area contributed by atoms with Gasteiger partial charge in [0.05, 0.1) is 23.8 Å². The number of aromatic nitrogens is 1. The van der Waals surface area contributed by atoms with Crippen LogP contribution < -0.4 is 10.2 Å². The molecule has 0 spiro atoms. The highest BCUT2D eigenvalue weighted by atomic mass is 32.1. The van der Waals surface area contributed by atoms with Gasteiger partial charge in [-0.05, 0) is 6.92 Å². The van der Waals surface area contributed by atoms with Gasteiger partial charge >= 0.3 is 0 Å². The maximum absolute atomic E-state index is 5.46. The summed E-state index contributed by atoms with van der Waals surface area (Å²) in [7, 11) is 0. The van der Waals surface area contributed by atoms with E-state index in [-0.39, 0.29) is 0 Å². The van der Waals surface area contributed by atoms with Crippen molar-refractivity contribution in [1.82, 2.24) is 10.3 Å². The molecule has 1 saturated heterocycles. The van der Waals surface area contributed by atoms with Crippen LogP contribution >= 0.6 is 11.3 Å². The highest BCUT2D eigenvalue weighted by Gasteiger charge is 2.22. The number of ether oxygens (including phenoxy) is 1. The summed E-state index contributed by atoms with van der Waals surface area (Å²) in [6, 6.07) is 0.561. The largest absolute Gasteiger partial charge is 0.375 e. The molecule has 1 fully saturated rings. The third-order valence-electron chi connectivity index (χ3n) is 3.12. The first-order valence-electron chi connectivity index (χ1n) is 5.87. The number of hydrogen-bond donors (Lipinski definition) is 1. The molecule has 5 heteroatoms. The van der Waals surface area contributed by atoms with Gasteiger partial charge in [0.25, 0.3) is 0 Å². The van der Waals surface area contributed by atoms with Crippen LogP contribution in [-0.2, 0) is 17.8 Å². The molecule has 1 aromatic rings. The first kappa shape index (κ1) is 10.5. The first-order chi connectivity index (χ1) is 7.83. The summed E-state index contributed by atoms with van der Waals surface area (Å²) in [5.41, 5.74) is 1.26. The molecule has 2 aliphatic rings. The first-order valence-corrected chi connectivity index (χ1v) is 6.69. The van der Waals surface area contributed by atoms with E-state index in [1.165, 1.54) is 15.7 Å². The number of anilines is 1. The van der Waals surface area contributed by atoms with Crippen LogP contribution in [0.25, 0.3) is 0 Å². The van der Waals surface area contributed by atoms with Gasteiger partial charge in [-0.15, -0.1) is 0 Å². The van der Waals surface area contributed by atoms with Crippen molar-refractivity contribution in [3.8, 4) is 0 Å². The molecule has 0 saturated carbocycles. The Bertz CT molecular complexity index is 356. The molecule has 2 aliphatic heterocycles. The van der Waals surface area contributed by atoms with Gasteiger partial charge in [-0.2, -0.15) is 0 Å². The summed E-state index contributed by atoms with van der Waals surface area (Å²) in [6.45, 7) is 7.00. The zero-order valence-corrected chi connectivity index (χ0v) is 10.3. The summed E-state index contributed by atoms with van der Waals surface area (Å²) in [6.07, 6.45) is 0.980. The predicted octanol–water partition coefficient (Wildman–Crippen LogP) is 1.01. The number of piperazine rings is 1. The summed E-state index contributed by atoms with van der Waals surface area (Å²) in [5.74, 6) is 0. The van der Waals surface area contributed by atoms with Gasteiger partial charge in [-0.3, -0.25) is 0 Å². The standard InChI is InChI=1S/C11H17N3OS/c1-8-6-14(4-3-12-8)11-13-9-2-5-15-7-10(9)16-11/h8,12H,2-7H2,1H3/t8-/m1/s1. The van der Waals surface area contributed by atoms with Gasteiger partial charge in [-0.25, -0.2) is 4.98 Å². The SMILES string of the molecule is C[C@@H]1CN(c2nc3c(s2)COCC3)CCN1. The van der Waals surface area contributed by atoms with Gasteiger partial charge in [0, 0.05) is 32.1 Å². The van der Waals surface area contributed by atoms with E-state index in [0.717, 1.165) is 39.3 Å². The highest BCUT2D eigenvalue weighted by Crippen LogP contribution is 2.30. The fourth-order valence-electron chi connectivity index (χ4n) is 2.25. The van der Waals surface area contributed by atoms with Gasteiger partial charge in [0.15, 0.2) is 5.13 Å². The molecule has 88 valence electrons. The van der Waals surface area contributed by atoms with Crippen LogP contribution in [0.15, 0.2) is 0 Å². The van der Waals surface area contributed by atoms with E-state index >= 15 is 0 Å². The van der Waals surface area contributed by atoms with E-state index in [9.17, 15) is 0 Å². The van der Waals surface area contributed by atoms with Crippen LogP contribution in [0.2, 0.25) is 0 Å². The quantitative estimate of drug-likeness (QED) is 0.794. The molecule has 4 nitrogen and oxygen atoms in total. The fraction of sp³-hybridized carbons (Fsp3) is 0.727. The lowest BCUT2D eigenvalue weighted by atomic mass is 10.2. The zero-order valence-electron chi connectivity index (χ0n) is 9.53. The third kappa shape index (κ3) is 1.95. The van der Waals surface area contributed by atoms with Crippen molar-refractivity contribution < 1.29 is 4.74 Å². The normalized spacial score (nSPS) is 25.6. The van der Waals surface area contributed by atoms with Crippen molar-refractivity contribution in [1.29, 1.82) is 0 Å². The van der Waals surface area contributed by atoms with Crippen molar-refractivity contribution in [3.05, 3.63) is 10.6 Å². The van der Waals surface area contributed by atoms with Crippen molar-refractivity contribution in [2.45, 2.75) is 26.0 Å². The minimum atomic E-state index is 0.561. The van der Waals surface area contributed by atoms with E-state index in [4.69, 9.17) is 9.72 Å². The maximum atomic E-state index is 5.46. The topological polar surface area (TPSA) is 37.4 Å². The molecular formula is C11H17N3OS. The minimum Gasteiger partial charge on any atom is -0.375 e. The van der Waals surface area contributed by atoms with Crippen molar-refractivity contribution >= 4 is 16.5 Å². The Morgan fingerprint density at radius 3 is 3.31 bits per heavy atom. The fourth-order valence-corrected chi connectivity index (χ4v) is 3.33. The smallest absolute Gasteiger partial charge is 0.185 e. The van der Waals surface area contributed by atoms with Gasteiger partial charge < -0.3 is 15.0 Å². The lowest BCUT2D eigenvalue weighted by Crippen LogP contribution is -2.49. The Morgan fingerprint density at radius 1 is 1.56 bits per heavy atom. The number of nitrogens with one attached hydrogen (secondary N) is 1. The number of thiazole rings is 1. The van der Waals surface area contributed by atoms with E-state index in [2.05, 4.69) is 17.1 Å². The second-order valence-corrected chi connectivity index (χ2v) is 5.53. The molecule has 0 amide bonds. The number of hydrogen-bond acceptors (Lipinski definition) is 5. The Labute approximate surface area is 99.6 Å². The third-order valence-corrected chi connectivity index (χ3v) is 4.25. The summed E-state index contributed by atoms with van der Waals surface area (Å²) < 4.78 is 5.46. The summed E-state index contributed by atoms with van der Waals surface area (Å²) in [4.78, 5) is 8.46. The minimum absolute atomic E-state index is 0.561. The van der Waals surface area contributed by atoms with Crippen molar-refractivity contribution in [3.63, 3.8) is 0 Å². The molecule has 1 atom stereocenters. The highest BCUT2D eigenvalue weighted by molar-refractivity contribution is 7.15. The lowest BCUT2D eigenvalue weighted by molar-refractivity contribution is 0.112. The van der Waals surface area contributed by atoms with Crippen molar-refractivity contribution in [2.75, 3.05) is 31.1 Å². The molecule has 0 unspecified atom stereocenters. The van der Waals surface area contributed by atoms with Crippen LogP contribution in [0.4, 0.5) is 5.13 Å². The van der Waals surface area contributed by atoms with Crippen LogP contribution in [0.5, 0.6) is 0 Å². The Morgan fingerprint density at radius 2 is 2.50 bits per heavy atom. The van der Waals surface area contributed by atoms with E-state index < -0.39 is 0 Å². The van der Waals surface area contributed by atoms with E-state index in [1.54, 1.807) is 11.3 Å². The van der Waals surface area contributed by atoms with Gasteiger partial charge in [0.2, 0.25) is 0 Å². The van der Waals surface area contributed by atoms with Crippen LogP contribution in [0.1, 0.15) is 17.5 Å². The average molecular weight is 239 g/mol. The number of fused-ring (bicyclic) bond motifs is 1. The van der Waals surface area contributed by atoms with Crippen LogP contribution in [-0.4, -0.2) is 37.3 Å². The molecule has 0 aromatic carbocycles. The molecular weight excluding hydrogens is 222 g/mol. The Hall–Kier alpha value is -0.650. The summed E-state index contributed by atoms with van der Waals surface area (Å²) >= 11 is 1.81. The Kier molecular flexibility index (Phi) is 2.83. The second-order valence-electron chi connectivity index (χ2n) is 4.47. The maximum Gasteiger partial charge on any atom is 0.185 e. The monoisotopic (exact) mass is 239 g/mol. The zero-order chi connectivity index (χ0) is 11.0. The lowest BCUT2D eigenvalue weighted by Gasteiger charge is -2.31. The molecule has 1 aromatic heterocycles. The Balaban J connectivity index is 1.80. The van der Waals surface area contributed by atoms with Crippen LogP contribution in [0, 0.1) is 0 Å². The van der Waals surface area contributed by atoms with Gasteiger partial charge in [-0.1, -0.05) is 11.3 Å². The average Bonchev–Trinajstić information content (AvgIpc) is 2.72. The molecule has 3 heterocycles. The van der Waals surface area contributed by atoms with E-state index in [0.29, 0.717) is 6.04 Å². The van der Waals surface area contributed by atoms with E-state index in [1.807, 2.05) is 0 Å². The van der Waals surface area contributed by atoms with Gasteiger partial charge in [0.1, 0.15) is 0 Å². The molecule has 1 N–H and O–H groups in total. The number of rotatable bonds is 1. The number of nitrogens with zero attached hydrogens (tertiary/aromatic N) is 2. The summed E-state index contributed by atoms with van der Waals surface area (Å²) in [5, 5.41) is 4.64. The molecule has 16 heavy (non-hydrogen) atoms. The van der Waals surface area contributed by atoms with Crippen LogP contribution in [0.3, 0.4) is 0 Å². The molecule has 0 aliphatic carbocycles. The molecule has 0 bridgehead atoms. The predicted molar refractivity (Wildman–Crippen MR) is 65.2 cm³/mol. The second kappa shape index (κ2) is 4.31.